The average Bonchev–Trinajstić information content (AvgIpc) is 3.19. The number of benzene rings is 1. The van der Waals surface area contributed by atoms with Crippen LogP contribution in [0.1, 0.15) is 16.3 Å². The van der Waals surface area contributed by atoms with Gasteiger partial charge in [0.25, 0.3) is 5.91 Å². The zero-order valence-electron chi connectivity index (χ0n) is 18.6. The van der Waals surface area contributed by atoms with Crippen LogP contribution < -0.4 is 10.1 Å². The standard InChI is InChI=1S/C21H28N4O6S/c1-15-5-7-18(31-15)21(27)25-11-9-24(10-12-25)14-20(26)22-16-6-8-17(30-4)19(13-16)32(28,29)23(2)3/h5-8,13H,9-12,14H2,1-4H3,(H,22,26). The van der Waals surface area contributed by atoms with E-state index < -0.39 is 10.0 Å². The van der Waals surface area contributed by atoms with E-state index >= 15 is 0 Å². The molecule has 3 rings (SSSR count). The fourth-order valence-corrected chi connectivity index (χ4v) is 4.45. The number of sulfonamides is 1. The van der Waals surface area contributed by atoms with Gasteiger partial charge in [-0.15, -0.1) is 0 Å². The summed E-state index contributed by atoms with van der Waals surface area (Å²) in [6.07, 6.45) is 0. The summed E-state index contributed by atoms with van der Waals surface area (Å²) in [7, 11) is 0.505. The molecule has 0 atom stereocenters. The van der Waals surface area contributed by atoms with Crippen LogP contribution in [0.2, 0.25) is 0 Å². The molecule has 11 heteroatoms. The average molecular weight is 465 g/mol. The molecule has 0 spiro atoms. The van der Waals surface area contributed by atoms with Gasteiger partial charge in [-0.2, -0.15) is 0 Å². The summed E-state index contributed by atoms with van der Waals surface area (Å²) in [4.78, 5) is 28.6. The van der Waals surface area contributed by atoms with Crippen molar-refractivity contribution in [2.75, 3.05) is 59.2 Å². The first-order chi connectivity index (χ1) is 15.1. The number of hydrogen-bond acceptors (Lipinski definition) is 7. The summed E-state index contributed by atoms with van der Waals surface area (Å²) < 4.78 is 36.7. The summed E-state index contributed by atoms with van der Waals surface area (Å²) in [5.74, 6) is 0.768. The number of aryl methyl sites for hydroxylation is 1. The summed E-state index contributed by atoms with van der Waals surface area (Å²) in [5.41, 5.74) is 0.359. The van der Waals surface area contributed by atoms with E-state index in [0.717, 1.165) is 4.31 Å². The monoisotopic (exact) mass is 464 g/mol. The molecule has 0 radical (unpaired) electrons. The van der Waals surface area contributed by atoms with Gasteiger partial charge in [-0.05, 0) is 37.3 Å². The molecule has 2 amide bonds. The van der Waals surface area contributed by atoms with Gasteiger partial charge in [0.05, 0.1) is 13.7 Å². The van der Waals surface area contributed by atoms with Crippen molar-refractivity contribution in [3.8, 4) is 5.75 Å². The molecule has 2 heterocycles. The summed E-state index contributed by atoms with van der Waals surface area (Å²) >= 11 is 0. The van der Waals surface area contributed by atoms with E-state index in [4.69, 9.17) is 9.15 Å². The number of nitrogens with zero attached hydrogens (tertiary/aromatic N) is 3. The highest BCUT2D eigenvalue weighted by molar-refractivity contribution is 7.89. The van der Waals surface area contributed by atoms with Crippen LogP contribution in [-0.2, 0) is 14.8 Å². The lowest BCUT2D eigenvalue weighted by molar-refractivity contribution is -0.117. The van der Waals surface area contributed by atoms with Crippen molar-refractivity contribution in [1.82, 2.24) is 14.1 Å². The number of methoxy groups -OCH3 is 1. The highest BCUT2D eigenvalue weighted by Crippen LogP contribution is 2.28. The number of anilines is 1. The maximum atomic E-state index is 12.5. The first-order valence-corrected chi connectivity index (χ1v) is 11.5. The summed E-state index contributed by atoms with van der Waals surface area (Å²) in [6.45, 7) is 3.97. The Labute approximate surface area is 187 Å². The third-order valence-corrected chi connectivity index (χ3v) is 7.02. The molecular formula is C21H28N4O6S. The van der Waals surface area contributed by atoms with Gasteiger partial charge in [0, 0.05) is 46.0 Å². The smallest absolute Gasteiger partial charge is 0.289 e. The Morgan fingerprint density at radius 1 is 1.12 bits per heavy atom. The minimum absolute atomic E-state index is 0.0249. The van der Waals surface area contributed by atoms with E-state index in [1.54, 1.807) is 30.0 Å². The van der Waals surface area contributed by atoms with Gasteiger partial charge in [0.2, 0.25) is 15.9 Å². The lowest BCUT2D eigenvalue weighted by atomic mass is 10.2. The molecule has 32 heavy (non-hydrogen) atoms. The van der Waals surface area contributed by atoms with E-state index in [0.29, 0.717) is 43.4 Å². The van der Waals surface area contributed by atoms with Gasteiger partial charge in [-0.3, -0.25) is 14.5 Å². The van der Waals surface area contributed by atoms with Crippen molar-refractivity contribution >= 4 is 27.5 Å². The number of ether oxygens (including phenoxy) is 1. The number of furan rings is 1. The number of amides is 2. The number of carbonyl (C=O) groups is 2. The Morgan fingerprint density at radius 3 is 2.38 bits per heavy atom. The van der Waals surface area contributed by atoms with Crippen LogP contribution in [0.5, 0.6) is 5.75 Å². The topological polar surface area (TPSA) is 112 Å². The van der Waals surface area contributed by atoms with Gasteiger partial charge in [-0.1, -0.05) is 0 Å². The molecule has 0 unspecified atom stereocenters. The van der Waals surface area contributed by atoms with E-state index in [2.05, 4.69) is 5.32 Å². The molecule has 0 aliphatic carbocycles. The highest BCUT2D eigenvalue weighted by atomic mass is 32.2. The Balaban J connectivity index is 1.58. The van der Waals surface area contributed by atoms with E-state index in [1.807, 2.05) is 4.90 Å². The molecule has 1 aliphatic rings. The van der Waals surface area contributed by atoms with Crippen LogP contribution in [0.3, 0.4) is 0 Å². The highest BCUT2D eigenvalue weighted by Gasteiger charge is 2.26. The van der Waals surface area contributed by atoms with Crippen molar-refractivity contribution in [1.29, 1.82) is 0 Å². The number of carbonyl (C=O) groups excluding carboxylic acids is 2. The predicted octanol–water partition coefficient (Wildman–Crippen LogP) is 1.24. The molecule has 0 bridgehead atoms. The molecule has 1 fully saturated rings. The summed E-state index contributed by atoms with van der Waals surface area (Å²) in [6, 6.07) is 7.90. The minimum atomic E-state index is -3.74. The second kappa shape index (κ2) is 9.72. The zero-order valence-corrected chi connectivity index (χ0v) is 19.4. The molecule has 1 saturated heterocycles. The molecule has 1 N–H and O–H groups in total. The van der Waals surface area contributed by atoms with Crippen LogP contribution in [0.15, 0.2) is 39.6 Å². The van der Waals surface area contributed by atoms with Crippen molar-refractivity contribution < 1.29 is 27.2 Å². The SMILES string of the molecule is COc1ccc(NC(=O)CN2CCN(C(=O)c3ccc(C)o3)CC2)cc1S(=O)(=O)N(C)C. The molecule has 10 nitrogen and oxygen atoms in total. The number of rotatable bonds is 7. The maximum absolute atomic E-state index is 12.5. The zero-order chi connectivity index (χ0) is 23.5. The predicted molar refractivity (Wildman–Crippen MR) is 118 cm³/mol. The van der Waals surface area contributed by atoms with E-state index in [9.17, 15) is 18.0 Å². The molecule has 1 aliphatic heterocycles. The first-order valence-electron chi connectivity index (χ1n) is 10.1. The Morgan fingerprint density at radius 2 is 1.81 bits per heavy atom. The van der Waals surface area contributed by atoms with E-state index in [-0.39, 0.29) is 29.0 Å². The number of hydrogen-bond donors (Lipinski definition) is 1. The van der Waals surface area contributed by atoms with Crippen LogP contribution in [0.25, 0.3) is 0 Å². The third-order valence-electron chi connectivity index (χ3n) is 5.18. The lowest BCUT2D eigenvalue weighted by Gasteiger charge is -2.33. The van der Waals surface area contributed by atoms with Crippen LogP contribution in [0, 0.1) is 6.92 Å². The van der Waals surface area contributed by atoms with Gasteiger partial charge in [0.1, 0.15) is 16.4 Å². The molecule has 1 aromatic carbocycles. The van der Waals surface area contributed by atoms with Gasteiger partial charge in [-0.25, -0.2) is 12.7 Å². The number of piperazine rings is 1. The molecule has 1 aromatic heterocycles. The molecule has 0 saturated carbocycles. The van der Waals surface area contributed by atoms with Crippen molar-refractivity contribution in [3.63, 3.8) is 0 Å². The van der Waals surface area contributed by atoms with Gasteiger partial charge < -0.3 is 19.4 Å². The van der Waals surface area contributed by atoms with Crippen LogP contribution in [-0.4, -0.2) is 88.3 Å². The maximum Gasteiger partial charge on any atom is 0.289 e. The Hall–Kier alpha value is -2.89. The third kappa shape index (κ3) is 5.29. The number of nitrogens with one attached hydrogen (secondary N) is 1. The fourth-order valence-electron chi connectivity index (χ4n) is 3.37. The fraction of sp³-hybridized carbons (Fsp3) is 0.429. The van der Waals surface area contributed by atoms with Crippen molar-refractivity contribution in [3.05, 3.63) is 41.9 Å². The summed E-state index contributed by atoms with van der Waals surface area (Å²) in [5, 5.41) is 2.74. The van der Waals surface area contributed by atoms with Crippen LogP contribution in [0.4, 0.5) is 5.69 Å². The molecule has 2 aromatic rings. The van der Waals surface area contributed by atoms with Crippen molar-refractivity contribution in [2.24, 2.45) is 0 Å². The Bertz CT molecular complexity index is 1090. The minimum Gasteiger partial charge on any atom is -0.495 e. The van der Waals surface area contributed by atoms with Gasteiger partial charge >= 0.3 is 0 Å². The Kier molecular flexibility index (Phi) is 7.22. The van der Waals surface area contributed by atoms with Gasteiger partial charge in [0.15, 0.2) is 5.76 Å². The second-order valence-electron chi connectivity index (χ2n) is 7.68. The lowest BCUT2D eigenvalue weighted by Crippen LogP contribution is -2.50. The largest absolute Gasteiger partial charge is 0.495 e. The molecule has 174 valence electrons. The second-order valence-corrected chi connectivity index (χ2v) is 9.80. The quantitative estimate of drug-likeness (QED) is 0.656. The normalized spacial score (nSPS) is 15.1. The molecular weight excluding hydrogens is 436 g/mol. The van der Waals surface area contributed by atoms with Crippen LogP contribution >= 0.6 is 0 Å². The van der Waals surface area contributed by atoms with Crippen molar-refractivity contribution in [2.45, 2.75) is 11.8 Å². The van der Waals surface area contributed by atoms with E-state index in [1.165, 1.54) is 33.3 Å². The first kappa shape index (κ1) is 23.8.